The van der Waals surface area contributed by atoms with Crippen molar-refractivity contribution < 1.29 is 0 Å². The molecule has 0 amide bonds. The molecule has 3 nitrogen and oxygen atoms in total. The van der Waals surface area contributed by atoms with Crippen LogP contribution in [0.4, 0.5) is 5.82 Å². The minimum Gasteiger partial charge on any atom is -0.357 e. The highest BCUT2D eigenvalue weighted by Crippen LogP contribution is 2.16. The van der Waals surface area contributed by atoms with Crippen LogP contribution in [0, 0.1) is 6.92 Å². The van der Waals surface area contributed by atoms with Gasteiger partial charge in [-0.3, -0.25) is 0 Å². The summed E-state index contributed by atoms with van der Waals surface area (Å²) in [6.45, 7) is 8.26. The Hall–Kier alpha value is -0.770. The van der Waals surface area contributed by atoms with Gasteiger partial charge in [0.25, 0.3) is 0 Å². The topological polar surface area (TPSA) is 29.0 Å². The van der Waals surface area contributed by atoms with Crippen LogP contribution in [0.25, 0.3) is 0 Å². The van der Waals surface area contributed by atoms with E-state index in [9.17, 15) is 0 Å². The fourth-order valence-electron chi connectivity index (χ4n) is 1.33. The van der Waals surface area contributed by atoms with E-state index in [0.717, 1.165) is 29.8 Å². The summed E-state index contributed by atoms with van der Waals surface area (Å²) in [7, 11) is 0. The molecule has 4 heteroatoms. The molecule has 1 heterocycles. The van der Waals surface area contributed by atoms with Crippen molar-refractivity contribution in [3.05, 3.63) is 11.8 Å². The Kier molecular flexibility index (Phi) is 4.20. The van der Waals surface area contributed by atoms with Crippen LogP contribution in [0.15, 0.2) is 11.2 Å². The molecule has 0 radical (unpaired) electrons. The van der Waals surface area contributed by atoms with Gasteiger partial charge in [-0.2, -0.15) is 0 Å². The van der Waals surface area contributed by atoms with Gasteiger partial charge in [-0.15, -0.1) is 0 Å². The number of aromatic nitrogens is 2. The molecule has 0 fully saturated rings. The summed E-state index contributed by atoms with van der Waals surface area (Å²) in [5, 5.41) is 0.854. The Morgan fingerprint density at radius 3 is 2.43 bits per heavy atom. The molecule has 1 rings (SSSR count). The third kappa shape index (κ3) is 2.61. The molecule has 0 aliphatic rings. The second-order valence-corrected chi connectivity index (χ2v) is 3.80. The van der Waals surface area contributed by atoms with E-state index < -0.39 is 0 Å². The standard InChI is InChI=1S/C10H17N3S/c1-5-13(6-2)9-7-8(3)11-10(12-9)14-4/h7H,5-6H2,1-4H3. The monoisotopic (exact) mass is 211 g/mol. The second-order valence-electron chi connectivity index (χ2n) is 3.03. The molecule has 1 aromatic rings. The summed E-state index contributed by atoms with van der Waals surface area (Å²) in [6.07, 6.45) is 2.00. The quantitative estimate of drug-likeness (QED) is 0.565. The zero-order valence-corrected chi connectivity index (χ0v) is 10.1. The highest BCUT2D eigenvalue weighted by Gasteiger charge is 2.06. The van der Waals surface area contributed by atoms with Gasteiger partial charge in [0, 0.05) is 24.8 Å². The Balaban J connectivity index is 3.01. The zero-order valence-electron chi connectivity index (χ0n) is 9.24. The number of hydrogen-bond acceptors (Lipinski definition) is 4. The third-order valence-corrected chi connectivity index (χ3v) is 2.64. The van der Waals surface area contributed by atoms with Gasteiger partial charge in [0.2, 0.25) is 0 Å². The molecular weight excluding hydrogens is 194 g/mol. The largest absolute Gasteiger partial charge is 0.357 e. The van der Waals surface area contributed by atoms with Crippen molar-refractivity contribution in [2.24, 2.45) is 0 Å². The average molecular weight is 211 g/mol. The van der Waals surface area contributed by atoms with Crippen LogP contribution in [-0.4, -0.2) is 29.3 Å². The number of rotatable bonds is 4. The van der Waals surface area contributed by atoms with Crippen molar-refractivity contribution in [3.63, 3.8) is 0 Å². The van der Waals surface area contributed by atoms with Crippen molar-refractivity contribution in [2.75, 3.05) is 24.2 Å². The van der Waals surface area contributed by atoms with E-state index in [4.69, 9.17) is 0 Å². The van der Waals surface area contributed by atoms with Crippen LogP contribution in [0.1, 0.15) is 19.5 Å². The smallest absolute Gasteiger partial charge is 0.189 e. The molecule has 0 aliphatic heterocycles. The van der Waals surface area contributed by atoms with Crippen LogP contribution in [-0.2, 0) is 0 Å². The highest BCUT2D eigenvalue weighted by atomic mass is 32.2. The van der Waals surface area contributed by atoms with Crippen LogP contribution in [0.2, 0.25) is 0 Å². The lowest BCUT2D eigenvalue weighted by Crippen LogP contribution is -2.23. The Labute approximate surface area is 89.9 Å². The van der Waals surface area contributed by atoms with E-state index in [1.807, 2.05) is 19.2 Å². The zero-order chi connectivity index (χ0) is 10.6. The molecule has 0 spiro atoms. The summed E-state index contributed by atoms with van der Waals surface area (Å²) >= 11 is 1.59. The molecule has 1 aromatic heterocycles. The lowest BCUT2D eigenvalue weighted by atomic mass is 10.4. The molecule has 0 saturated heterocycles. The molecule has 0 aromatic carbocycles. The second kappa shape index (κ2) is 5.20. The summed E-state index contributed by atoms with van der Waals surface area (Å²) < 4.78 is 0. The fourth-order valence-corrected chi connectivity index (χ4v) is 1.75. The molecule has 0 bridgehead atoms. The Bertz CT molecular complexity index is 297. The predicted molar refractivity (Wildman–Crippen MR) is 62.1 cm³/mol. The molecule has 0 aliphatic carbocycles. The molecule has 0 unspecified atom stereocenters. The third-order valence-electron chi connectivity index (χ3n) is 2.09. The first kappa shape index (κ1) is 11.3. The van der Waals surface area contributed by atoms with Gasteiger partial charge in [-0.1, -0.05) is 11.8 Å². The minimum absolute atomic E-state index is 0.854. The Morgan fingerprint density at radius 1 is 1.29 bits per heavy atom. The van der Waals surface area contributed by atoms with Gasteiger partial charge in [0.1, 0.15) is 5.82 Å². The SMILES string of the molecule is CCN(CC)c1cc(C)nc(SC)n1. The summed E-state index contributed by atoms with van der Waals surface area (Å²) in [4.78, 5) is 11.0. The predicted octanol–water partition coefficient (Wildman–Crippen LogP) is 2.35. The first-order chi connectivity index (χ1) is 6.71. The number of anilines is 1. The summed E-state index contributed by atoms with van der Waals surface area (Å²) in [6, 6.07) is 2.03. The van der Waals surface area contributed by atoms with Crippen molar-refractivity contribution in [3.8, 4) is 0 Å². The first-order valence-corrected chi connectivity index (χ1v) is 6.08. The fraction of sp³-hybridized carbons (Fsp3) is 0.600. The maximum absolute atomic E-state index is 4.47. The first-order valence-electron chi connectivity index (χ1n) is 4.85. The van der Waals surface area contributed by atoms with Gasteiger partial charge >= 0.3 is 0 Å². The van der Waals surface area contributed by atoms with E-state index in [-0.39, 0.29) is 0 Å². The number of hydrogen-bond donors (Lipinski definition) is 0. The van der Waals surface area contributed by atoms with Crippen LogP contribution in [0.3, 0.4) is 0 Å². The molecular formula is C10H17N3S. The van der Waals surface area contributed by atoms with Crippen molar-refractivity contribution in [2.45, 2.75) is 25.9 Å². The van der Waals surface area contributed by atoms with Gasteiger partial charge < -0.3 is 4.90 Å². The normalized spacial score (nSPS) is 10.3. The lowest BCUT2D eigenvalue weighted by Gasteiger charge is -2.20. The molecule has 0 N–H and O–H groups in total. The maximum Gasteiger partial charge on any atom is 0.189 e. The van der Waals surface area contributed by atoms with E-state index in [0.29, 0.717) is 0 Å². The maximum atomic E-state index is 4.47. The van der Waals surface area contributed by atoms with E-state index in [1.165, 1.54) is 0 Å². The van der Waals surface area contributed by atoms with Crippen LogP contribution >= 0.6 is 11.8 Å². The van der Waals surface area contributed by atoms with Crippen molar-refractivity contribution >= 4 is 17.6 Å². The van der Waals surface area contributed by atoms with Gasteiger partial charge in [-0.05, 0) is 27.0 Å². The van der Waals surface area contributed by atoms with E-state index >= 15 is 0 Å². The van der Waals surface area contributed by atoms with E-state index in [1.54, 1.807) is 11.8 Å². The average Bonchev–Trinajstić information content (AvgIpc) is 2.19. The van der Waals surface area contributed by atoms with Crippen LogP contribution in [0.5, 0.6) is 0 Å². The number of thioether (sulfide) groups is 1. The lowest BCUT2D eigenvalue weighted by molar-refractivity contribution is 0.812. The van der Waals surface area contributed by atoms with Gasteiger partial charge in [0.05, 0.1) is 0 Å². The number of aryl methyl sites for hydroxylation is 1. The van der Waals surface area contributed by atoms with Gasteiger partial charge in [0.15, 0.2) is 5.16 Å². The van der Waals surface area contributed by atoms with Crippen LogP contribution < -0.4 is 4.90 Å². The summed E-state index contributed by atoms with van der Waals surface area (Å²) in [5.74, 6) is 1.03. The van der Waals surface area contributed by atoms with E-state index in [2.05, 4.69) is 28.7 Å². The molecule has 78 valence electrons. The molecule has 14 heavy (non-hydrogen) atoms. The van der Waals surface area contributed by atoms with Gasteiger partial charge in [-0.25, -0.2) is 9.97 Å². The Morgan fingerprint density at radius 2 is 1.93 bits per heavy atom. The molecule has 0 saturated carbocycles. The highest BCUT2D eigenvalue weighted by molar-refractivity contribution is 7.98. The van der Waals surface area contributed by atoms with Crippen molar-refractivity contribution in [1.82, 2.24) is 9.97 Å². The van der Waals surface area contributed by atoms with Crippen molar-refractivity contribution in [1.29, 1.82) is 0 Å². The number of nitrogens with zero attached hydrogens (tertiary/aromatic N) is 3. The molecule has 0 atom stereocenters. The minimum atomic E-state index is 0.854. The summed E-state index contributed by atoms with van der Waals surface area (Å²) in [5.41, 5.74) is 1.03.